The molecule has 5 heteroatoms. The molecule has 1 saturated carbocycles. The van der Waals surface area contributed by atoms with Crippen LogP contribution in [0, 0.1) is 5.92 Å². The van der Waals surface area contributed by atoms with E-state index in [2.05, 4.69) is 22.5 Å². The van der Waals surface area contributed by atoms with E-state index < -0.39 is 0 Å². The summed E-state index contributed by atoms with van der Waals surface area (Å²) in [5.74, 6) is 1.36. The van der Waals surface area contributed by atoms with Crippen molar-refractivity contribution >= 4 is 23.3 Å². The molecule has 0 saturated heterocycles. The van der Waals surface area contributed by atoms with Gasteiger partial charge in [0.25, 0.3) is 5.91 Å². The fourth-order valence-corrected chi connectivity index (χ4v) is 2.78. The number of nitrogens with zero attached hydrogens (tertiary/aromatic N) is 1. The van der Waals surface area contributed by atoms with E-state index in [1.807, 2.05) is 6.92 Å². The molecule has 0 atom stereocenters. The van der Waals surface area contributed by atoms with Crippen molar-refractivity contribution in [3.8, 4) is 0 Å². The molecule has 0 spiro atoms. The van der Waals surface area contributed by atoms with Crippen LogP contribution >= 0.6 is 11.6 Å². The fourth-order valence-electron chi connectivity index (χ4n) is 2.57. The van der Waals surface area contributed by atoms with Crippen LogP contribution in [0.4, 0.5) is 5.82 Å². The number of carbonyl (C=O) groups is 1. The Morgan fingerprint density at radius 2 is 2.05 bits per heavy atom. The number of anilines is 1. The van der Waals surface area contributed by atoms with E-state index in [1.165, 1.54) is 12.8 Å². The molecule has 20 heavy (non-hydrogen) atoms. The third-order valence-corrected chi connectivity index (χ3v) is 3.96. The van der Waals surface area contributed by atoms with E-state index in [0.29, 0.717) is 16.5 Å². The summed E-state index contributed by atoms with van der Waals surface area (Å²) in [5.41, 5.74) is 0.569. The van der Waals surface area contributed by atoms with Gasteiger partial charge in [0.05, 0.1) is 0 Å². The molecule has 1 fully saturated rings. The second-order valence-corrected chi connectivity index (χ2v) is 5.91. The molecule has 4 nitrogen and oxygen atoms in total. The van der Waals surface area contributed by atoms with Gasteiger partial charge in [-0.15, -0.1) is 0 Å². The molecule has 0 radical (unpaired) electrons. The van der Waals surface area contributed by atoms with Gasteiger partial charge in [-0.25, -0.2) is 4.98 Å². The summed E-state index contributed by atoms with van der Waals surface area (Å²) >= 11 is 5.96. The maximum atomic E-state index is 12.3. The maximum absolute atomic E-state index is 12.3. The Labute approximate surface area is 125 Å². The SMILES string of the molecule is CCNc1cc(C(=O)NC2CCC(C)CC2)cc(Cl)n1. The maximum Gasteiger partial charge on any atom is 0.251 e. The van der Waals surface area contributed by atoms with Crippen LogP contribution in [0.5, 0.6) is 0 Å². The van der Waals surface area contributed by atoms with E-state index in [1.54, 1.807) is 12.1 Å². The summed E-state index contributed by atoms with van der Waals surface area (Å²) in [6, 6.07) is 3.65. The fraction of sp³-hybridized carbons (Fsp3) is 0.600. The van der Waals surface area contributed by atoms with Gasteiger partial charge in [-0.2, -0.15) is 0 Å². The van der Waals surface area contributed by atoms with E-state index >= 15 is 0 Å². The number of nitrogens with one attached hydrogen (secondary N) is 2. The largest absolute Gasteiger partial charge is 0.370 e. The minimum Gasteiger partial charge on any atom is -0.370 e. The summed E-state index contributed by atoms with van der Waals surface area (Å²) in [5, 5.41) is 6.52. The zero-order valence-electron chi connectivity index (χ0n) is 12.1. The van der Waals surface area contributed by atoms with Gasteiger partial charge in [-0.3, -0.25) is 4.79 Å². The van der Waals surface area contributed by atoms with Crippen LogP contribution in [0.3, 0.4) is 0 Å². The molecule has 2 N–H and O–H groups in total. The molecule has 1 aliphatic rings. The first-order chi connectivity index (χ1) is 9.58. The van der Waals surface area contributed by atoms with Gasteiger partial charge in [0, 0.05) is 18.2 Å². The van der Waals surface area contributed by atoms with Crippen LogP contribution in [-0.2, 0) is 0 Å². The standard InChI is InChI=1S/C15H22ClN3O/c1-3-17-14-9-11(8-13(16)19-14)15(20)18-12-6-4-10(2)5-7-12/h8-10,12H,3-7H2,1-2H3,(H,17,19)(H,18,20). The number of amides is 1. The van der Waals surface area contributed by atoms with Gasteiger partial charge >= 0.3 is 0 Å². The Hall–Kier alpha value is -1.29. The predicted molar refractivity (Wildman–Crippen MR) is 82.3 cm³/mol. The van der Waals surface area contributed by atoms with E-state index in [4.69, 9.17) is 11.6 Å². The van der Waals surface area contributed by atoms with Crippen molar-refractivity contribution in [3.05, 3.63) is 22.8 Å². The number of carbonyl (C=O) groups excluding carboxylic acids is 1. The Kier molecular flexibility index (Phi) is 5.24. The molecule has 1 amide bonds. The first kappa shape index (κ1) is 15.1. The molecule has 1 aliphatic carbocycles. The van der Waals surface area contributed by atoms with E-state index in [9.17, 15) is 4.79 Å². The van der Waals surface area contributed by atoms with Gasteiger partial charge in [-0.05, 0) is 50.7 Å². The Morgan fingerprint density at radius 3 is 2.70 bits per heavy atom. The molecule has 0 bridgehead atoms. The van der Waals surface area contributed by atoms with Crippen molar-refractivity contribution in [2.75, 3.05) is 11.9 Å². The summed E-state index contributed by atoms with van der Waals surface area (Å²) in [6.07, 6.45) is 4.49. The van der Waals surface area contributed by atoms with Crippen molar-refractivity contribution in [1.82, 2.24) is 10.3 Å². The van der Waals surface area contributed by atoms with Crippen molar-refractivity contribution < 1.29 is 4.79 Å². The summed E-state index contributed by atoms with van der Waals surface area (Å²) in [7, 11) is 0. The highest BCUT2D eigenvalue weighted by Crippen LogP contribution is 2.24. The molecule has 2 rings (SSSR count). The lowest BCUT2D eigenvalue weighted by atomic mass is 9.87. The lowest BCUT2D eigenvalue weighted by Gasteiger charge is -2.27. The normalized spacial score (nSPS) is 22.4. The number of pyridine rings is 1. The van der Waals surface area contributed by atoms with Crippen molar-refractivity contribution in [2.45, 2.75) is 45.6 Å². The van der Waals surface area contributed by atoms with Crippen molar-refractivity contribution in [3.63, 3.8) is 0 Å². The molecule has 1 heterocycles. The predicted octanol–water partition coefficient (Wildman–Crippen LogP) is 3.48. The third-order valence-electron chi connectivity index (χ3n) is 3.77. The lowest BCUT2D eigenvalue weighted by molar-refractivity contribution is 0.0923. The van der Waals surface area contributed by atoms with Gasteiger partial charge < -0.3 is 10.6 Å². The Bertz CT molecular complexity index is 470. The van der Waals surface area contributed by atoms with E-state index in [-0.39, 0.29) is 11.9 Å². The van der Waals surface area contributed by atoms with Crippen LogP contribution < -0.4 is 10.6 Å². The first-order valence-electron chi connectivity index (χ1n) is 7.30. The minimum atomic E-state index is -0.0620. The highest BCUT2D eigenvalue weighted by atomic mass is 35.5. The molecule has 1 aromatic rings. The third kappa shape index (κ3) is 4.10. The van der Waals surface area contributed by atoms with Crippen molar-refractivity contribution in [2.24, 2.45) is 5.92 Å². The first-order valence-corrected chi connectivity index (χ1v) is 7.68. The monoisotopic (exact) mass is 295 g/mol. The van der Waals surface area contributed by atoms with Gasteiger partial charge in [-0.1, -0.05) is 18.5 Å². The smallest absolute Gasteiger partial charge is 0.251 e. The summed E-state index contributed by atoms with van der Waals surface area (Å²) in [6.45, 7) is 4.99. The molecular formula is C15H22ClN3O. The molecule has 110 valence electrons. The number of hydrogen-bond donors (Lipinski definition) is 2. The number of halogens is 1. The second-order valence-electron chi connectivity index (χ2n) is 5.52. The molecule has 0 unspecified atom stereocenters. The van der Waals surface area contributed by atoms with Crippen LogP contribution in [0.25, 0.3) is 0 Å². The van der Waals surface area contributed by atoms with Crippen molar-refractivity contribution in [1.29, 1.82) is 0 Å². The molecule has 0 aromatic carbocycles. The summed E-state index contributed by atoms with van der Waals surface area (Å²) < 4.78 is 0. The van der Waals surface area contributed by atoms with Gasteiger partial charge in [0.2, 0.25) is 0 Å². The highest BCUT2D eigenvalue weighted by molar-refractivity contribution is 6.29. The topological polar surface area (TPSA) is 54.0 Å². The zero-order valence-corrected chi connectivity index (χ0v) is 12.8. The Balaban J connectivity index is 2.01. The molecule has 0 aliphatic heterocycles. The van der Waals surface area contributed by atoms with E-state index in [0.717, 1.165) is 25.3 Å². The van der Waals surface area contributed by atoms with Gasteiger partial charge in [0.15, 0.2) is 0 Å². The molecular weight excluding hydrogens is 274 g/mol. The average molecular weight is 296 g/mol. The van der Waals surface area contributed by atoms with Crippen LogP contribution in [0.2, 0.25) is 5.15 Å². The Morgan fingerprint density at radius 1 is 1.35 bits per heavy atom. The zero-order chi connectivity index (χ0) is 14.5. The van der Waals surface area contributed by atoms with Crippen LogP contribution in [0.15, 0.2) is 12.1 Å². The van der Waals surface area contributed by atoms with Crippen LogP contribution in [-0.4, -0.2) is 23.5 Å². The quantitative estimate of drug-likeness (QED) is 0.836. The van der Waals surface area contributed by atoms with Crippen LogP contribution in [0.1, 0.15) is 49.9 Å². The van der Waals surface area contributed by atoms with Gasteiger partial charge in [0.1, 0.15) is 11.0 Å². The average Bonchev–Trinajstić information content (AvgIpc) is 2.41. The minimum absolute atomic E-state index is 0.0620. The highest BCUT2D eigenvalue weighted by Gasteiger charge is 2.20. The molecule has 1 aromatic heterocycles. The number of hydrogen-bond acceptors (Lipinski definition) is 3. The number of aromatic nitrogens is 1. The second kappa shape index (κ2) is 6.93. The number of rotatable bonds is 4. The lowest BCUT2D eigenvalue weighted by Crippen LogP contribution is -2.37. The summed E-state index contributed by atoms with van der Waals surface area (Å²) in [4.78, 5) is 16.4.